The number of carboxylic acids is 1. The Balaban J connectivity index is 1.13. The lowest BCUT2D eigenvalue weighted by Crippen LogP contribution is -2.71. The molecule has 7 rings (SSSR count). The van der Waals surface area contributed by atoms with E-state index in [1.165, 1.54) is 54.5 Å². The number of carboxylic acid groups (broad SMARTS) is 1. The van der Waals surface area contributed by atoms with Crippen molar-refractivity contribution in [1.29, 1.82) is 0 Å². The van der Waals surface area contributed by atoms with Gasteiger partial charge < -0.3 is 25.0 Å². The molecule has 5 aromatic rings. The number of carbonyl (C=O) groups is 3. The number of hydrogen-bond acceptors (Lipinski definition) is 12. The number of amides is 2. The average molecular weight is 763 g/mol. The number of fused-ring (bicyclic) bond motifs is 1. The Morgan fingerprint density at radius 3 is 2.15 bits per heavy atom. The average Bonchev–Trinajstić information content (AvgIpc) is 3.88. The minimum Gasteiger partial charge on any atom is -0.477 e. The van der Waals surface area contributed by atoms with E-state index in [1.54, 1.807) is 5.38 Å². The molecule has 16 heteroatoms. The van der Waals surface area contributed by atoms with Crippen LogP contribution in [-0.2, 0) is 24.8 Å². The minimum absolute atomic E-state index is 0.141. The smallest absolute Gasteiger partial charge is 0.433 e. The van der Waals surface area contributed by atoms with Crippen molar-refractivity contribution in [2.24, 2.45) is 5.16 Å². The number of anilines is 1. The molecule has 3 N–H and O–H groups in total. The zero-order valence-electron chi connectivity index (χ0n) is 28.3. The molecule has 0 radical (unpaired) electrons. The second-order valence-electron chi connectivity index (χ2n) is 11.9. The van der Waals surface area contributed by atoms with Gasteiger partial charge in [-0.2, -0.15) is 0 Å². The van der Waals surface area contributed by atoms with Gasteiger partial charge in [-0.1, -0.05) is 102 Å². The fraction of sp³-hybridized carbons (Fsp3) is 0.132. The molecule has 0 saturated carbocycles. The molecule has 0 bridgehead atoms. The topological polar surface area (TPSA) is 190 Å². The van der Waals surface area contributed by atoms with Crippen LogP contribution in [0.4, 0.5) is 11.0 Å². The zero-order chi connectivity index (χ0) is 37.8. The SMILES string of the molecule is CO/N=C(\C(=O)NC1C(=O)N2C(C(=O)O)=C(/C=C/c3ccc([N+](=O)[O-])o3)CSC12)c1csc(NC(c2ccccc2)(c2ccccc2)c2ccccc2)n1. The molecule has 0 spiro atoms. The summed E-state index contributed by atoms with van der Waals surface area (Å²) >= 11 is 2.51. The van der Waals surface area contributed by atoms with E-state index >= 15 is 0 Å². The Labute approximate surface area is 316 Å². The maximum atomic E-state index is 13.7. The Bertz CT molecular complexity index is 2210. The molecule has 2 atom stereocenters. The van der Waals surface area contributed by atoms with Crippen LogP contribution in [0.1, 0.15) is 28.1 Å². The fourth-order valence-electron chi connectivity index (χ4n) is 6.37. The number of aromatic nitrogens is 1. The van der Waals surface area contributed by atoms with Crippen LogP contribution in [0.2, 0.25) is 0 Å². The first-order valence-electron chi connectivity index (χ1n) is 16.4. The number of nitro groups is 1. The van der Waals surface area contributed by atoms with Crippen LogP contribution in [0.15, 0.2) is 135 Å². The molecule has 272 valence electrons. The lowest BCUT2D eigenvalue weighted by Gasteiger charge is -2.49. The number of nitrogens with one attached hydrogen (secondary N) is 2. The van der Waals surface area contributed by atoms with E-state index in [1.807, 2.05) is 91.0 Å². The summed E-state index contributed by atoms with van der Waals surface area (Å²) in [6, 6.07) is 31.4. The Morgan fingerprint density at radius 2 is 1.61 bits per heavy atom. The molecule has 2 aliphatic heterocycles. The van der Waals surface area contributed by atoms with Crippen molar-refractivity contribution in [3.05, 3.63) is 164 Å². The highest BCUT2D eigenvalue weighted by molar-refractivity contribution is 8.00. The highest BCUT2D eigenvalue weighted by Crippen LogP contribution is 2.42. The van der Waals surface area contributed by atoms with Gasteiger partial charge in [-0.25, -0.2) is 9.78 Å². The number of carbonyl (C=O) groups excluding carboxylic acids is 2. The van der Waals surface area contributed by atoms with Gasteiger partial charge in [0.05, 0.1) is 6.07 Å². The van der Waals surface area contributed by atoms with Crippen molar-refractivity contribution in [1.82, 2.24) is 15.2 Å². The first-order valence-corrected chi connectivity index (χ1v) is 18.3. The third-order valence-corrected chi connectivity index (χ3v) is 10.8. The molecule has 1 saturated heterocycles. The standard InChI is InChI=1S/C38H30N6O8S2/c1-51-42-30(33(45)40-31-34(46)43-32(36(47)48)23(21-53-35(31)43)17-18-27-19-20-29(52-27)44(49)50)28-22-54-37(39-28)41-38(24-11-5-2-6-12-24,25-13-7-3-8-14-25)26-15-9-4-10-16-26/h2-20,22,31,35H,21H2,1H3,(H,39,41)(H,40,45)(H,47,48)/b18-17+,42-30-. The number of thiazole rings is 1. The van der Waals surface area contributed by atoms with Crippen LogP contribution >= 0.6 is 23.1 Å². The van der Waals surface area contributed by atoms with E-state index in [2.05, 4.69) is 15.8 Å². The Morgan fingerprint density at radius 1 is 1.00 bits per heavy atom. The van der Waals surface area contributed by atoms with Crippen LogP contribution in [-0.4, -0.2) is 67.7 Å². The largest absolute Gasteiger partial charge is 0.477 e. The number of rotatable bonds is 13. The maximum Gasteiger partial charge on any atom is 0.433 e. The van der Waals surface area contributed by atoms with E-state index < -0.39 is 45.5 Å². The van der Waals surface area contributed by atoms with Crippen molar-refractivity contribution < 1.29 is 33.7 Å². The molecule has 3 aromatic carbocycles. The summed E-state index contributed by atoms with van der Waals surface area (Å²) < 4.78 is 5.12. The summed E-state index contributed by atoms with van der Waals surface area (Å²) in [4.78, 5) is 60.7. The quantitative estimate of drug-likeness (QED) is 0.0429. The van der Waals surface area contributed by atoms with Crippen LogP contribution in [0, 0.1) is 10.1 Å². The number of furan rings is 1. The lowest BCUT2D eigenvalue weighted by atomic mass is 9.77. The minimum atomic E-state index is -1.34. The van der Waals surface area contributed by atoms with Gasteiger partial charge in [0, 0.05) is 11.1 Å². The molecule has 1 fully saturated rings. The molecule has 4 heterocycles. The van der Waals surface area contributed by atoms with Crippen molar-refractivity contribution >= 4 is 63.7 Å². The van der Waals surface area contributed by atoms with E-state index in [9.17, 15) is 29.6 Å². The van der Waals surface area contributed by atoms with E-state index in [0.29, 0.717) is 10.7 Å². The highest BCUT2D eigenvalue weighted by Gasteiger charge is 2.54. The van der Waals surface area contributed by atoms with Gasteiger partial charge in [-0.15, -0.1) is 23.1 Å². The normalized spacial score (nSPS) is 17.2. The van der Waals surface area contributed by atoms with Crippen molar-refractivity contribution in [3.63, 3.8) is 0 Å². The van der Waals surface area contributed by atoms with Crippen LogP contribution in [0.3, 0.4) is 0 Å². The molecule has 0 aliphatic carbocycles. The number of β-lactam (4-membered cyclic amide) rings is 1. The van der Waals surface area contributed by atoms with E-state index in [-0.39, 0.29) is 28.6 Å². The van der Waals surface area contributed by atoms with Gasteiger partial charge in [0.25, 0.3) is 11.8 Å². The Hall–Kier alpha value is -6.52. The molecule has 2 aromatic heterocycles. The predicted octanol–water partition coefficient (Wildman–Crippen LogP) is 5.85. The number of aliphatic carboxylic acids is 1. The third kappa shape index (κ3) is 6.75. The van der Waals surface area contributed by atoms with Gasteiger partial charge >= 0.3 is 11.9 Å². The summed E-state index contributed by atoms with van der Waals surface area (Å²) in [6.07, 6.45) is 2.83. The highest BCUT2D eigenvalue weighted by atomic mass is 32.2. The molecule has 2 aliphatic rings. The molecule has 54 heavy (non-hydrogen) atoms. The summed E-state index contributed by atoms with van der Waals surface area (Å²) in [5, 5.41) is 32.8. The lowest BCUT2D eigenvalue weighted by molar-refractivity contribution is -0.402. The van der Waals surface area contributed by atoms with E-state index in [4.69, 9.17) is 14.2 Å². The van der Waals surface area contributed by atoms with Gasteiger partial charge in [-0.3, -0.25) is 24.6 Å². The van der Waals surface area contributed by atoms with E-state index in [0.717, 1.165) is 21.6 Å². The second-order valence-corrected chi connectivity index (χ2v) is 13.9. The zero-order valence-corrected chi connectivity index (χ0v) is 30.0. The van der Waals surface area contributed by atoms with Gasteiger partial charge in [-0.05, 0) is 34.4 Å². The first-order chi connectivity index (χ1) is 26.2. The third-order valence-electron chi connectivity index (χ3n) is 8.79. The number of nitrogens with zero attached hydrogens (tertiary/aromatic N) is 4. The molecule has 2 amide bonds. The number of benzene rings is 3. The number of hydrogen-bond donors (Lipinski definition) is 3. The summed E-state index contributed by atoms with van der Waals surface area (Å²) in [5.74, 6) is -2.86. The summed E-state index contributed by atoms with van der Waals surface area (Å²) in [6.45, 7) is 0. The molecule has 2 unspecified atom stereocenters. The number of thioether (sulfide) groups is 1. The van der Waals surface area contributed by atoms with Crippen molar-refractivity contribution in [2.45, 2.75) is 17.0 Å². The maximum absolute atomic E-state index is 13.7. The van der Waals surface area contributed by atoms with Crippen LogP contribution in [0.25, 0.3) is 6.08 Å². The van der Waals surface area contributed by atoms with Crippen LogP contribution in [0.5, 0.6) is 0 Å². The van der Waals surface area contributed by atoms with Gasteiger partial charge in [0.1, 0.15) is 46.1 Å². The predicted molar refractivity (Wildman–Crippen MR) is 203 cm³/mol. The molecular weight excluding hydrogens is 733 g/mol. The molecule has 14 nitrogen and oxygen atoms in total. The monoisotopic (exact) mass is 762 g/mol. The number of allylic oxidation sites excluding steroid dienone is 1. The first kappa shape index (κ1) is 35.9. The van der Waals surface area contributed by atoms with Crippen molar-refractivity contribution in [3.8, 4) is 0 Å². The summed E-state index contributed by atoms with van der Waals surface area (Å²) in [5.41, 5.74) is 2.05. The summed E-state index contributed by atoms with van der Waals surface area (Å²) in [7, 11) is 1.29. The van der Waals surface area contributed by atoms with Crippen LogP contribution < -0.4 is 10.6 Å². The van der Waals surface area contributed by atoms with Crippen molar-refractivity contribution in [2.75, 3.05) is 18.2 Å². The second kappa shape index (κ2) is 15.2. The van der Waals surface area contributed by atoms with Gasteiger partial charge in [0.2, 0.25) is 0 Å². The van der Waals surface area contributed by atoms with Gasteiger partial charge in [0.15, 0.2) is 10.8 Å². The fourth-order valence-corrected chi connectivity index (χ4v) is 8.44. The molecular formula is C38H30N6O8S2. The number of oxime groups is 1. The Kier molecular flexibility index (Phi) is 10.1.